The number of carbonyl (C=O) groups is 2. The number of rotatable bonds is 10. The molecule has 2 aliphatic rings. The van der Waals surface area contributed by atoms with Crippen LogP contribution in [0.15, 0.2) is 41.6 Å². The summed E-state index contributed by atoms with van der Waals surface area (Å²) in [7, 11) is 0. The first-order valence-corrected chi connectivity index (χ1v) is 16.1. The van der Waals surface area contributed by atoms with Gasteiger partial charge >= 0.3 is 18.2 Å². The number of esters is 1. The van der Waals surface area contributed by atoms with Crippen molar-refractivity contribution < 1.29 is 41.8 Å². The van der Waals surface area contributed by atoms with E-state index in [9.17, 15) is 22.8 Å². The predicted octanol–water partition coefficient (Wildman–Crippen LogP) is 8.78. The molecule has 1 unspecified atom stereocenters. The number of nitrogens with zero attached hydrogens (tertiary/aromatic N) is 2. The van der Waals surface area contributed by atoms with E-state index in [1.807, 2.05) is 59.7 Å². The average molecular weight is 661 g/mol. The van der Waals surface area contributed by atoms with Crippen LogP contribution in [0.25, 0.3) is 0 Å². The molecule has 2 aliphatic carbocycles. The highest BCUT2D eigenvalue weighted by atomic mass is 19.4. The van der Waals surface area contributed by atoms with Crippen molar-refractivity contribution in [3.05, 3.63) is 64.2 Å². The summed E-state index contributed by atoms with van der Waals surface area (Å²) in [6, 6.07) is 9.39. The molecule has 0 spiro atoms. The van der Waals surface area contributed by atoms with Crippen molar-refractivity contribution in [3.8, 4) is 5.75 Å². The minimum atomic E-state index is -4.57. The molecular formula is C36H47F3N2O6. The van der Waals surface area contributed by atoms with Gasteiger partial charge in [0.25, 0.3) is 0 Å². The van der Waals surface area contributed by atoms with Crippen LogP contribution in [-0.4, -0.2) is 46.5 Å². The third-order valence-corrected chi connectivity index (χ3v) is 7.91. The Morgan fingerprint density at radius 1 is 0.979 bits per heavy atom. The molecule has 1 fully saturated rings. The topological polar surface area (TPSA) is 86.7 Å². The van der Waals surface area contributed by atoms with E-state index in [-0.39, 0.29) is 30.9 Å². The van der Waals surface area contributed by atoms with Crippen molar-refractivity contribution >= 4 is 17.8 Å². The molecule has 2 aromatic carbocycles. The number of amides is 1. The normalized spacial score (nSPS) is 17.6. The average Bonchev–Trinajstić information content (AvgIpc) is 3.61. The van der Waals surface area contributed by atoms with E-state index in [1.165, 1.54) is 12.1 Å². The lowest BCUT2D eigenvalue weighted by atomic mass is 10.00. The van der Waals surface area contributed by atoms with Gasteiger partial charge in [0.2, 0.25) is 0 Å². The van der Waals surface area contributed by atoms with Gasteiger partial charge in [-0.3, -0.25) is 9.69 Å². The number of alkyl halides is 3. The van der Waals surface area contributed by atoms with E-state index >= 15 is 0 Å². The van der Waals surface area contributed by atoms with Crippen molar-refractivity contribution in [3.63, 3.8) is 0 Å². The Bertz CT molecular complexity index is 1500. The summed E-state index contributed by atoms with van der Waals surface area (Å²) in [5, 5.41) is 4.17. The lowest BCUT2D eigenvalue weighted by Gasteiger charge is -2.35. The van der Waals surface area contributed by atoms with Gasteiger partial charge in [0.15, 0.2) is 0 Å². The Kier molecular flexibility index (Phi) is 10.3. The third-order valence-electron chi connectivity index (χ3n) is 7.91. The Morgan fingerprint density at radius 2 is 1.64 bits per heavy atom. The fourth-order valence-electron chi connectivity index (χ4n) is 5.56. The van der Waals surface area contributed by atoms with Gasteiger partial charge in [-0.1, -0.05) is 23.4 Å². The second-order valence-corrected chi connectivity index (χ2v) is 14.8. The van der Waals surface area contributed by atoms with E-state index in [2.05, 4.69) is 5.16 Å². The highest BCUT2D eigenvalue weighted by Crippen LogP contribution is 2.50. The number of oxime groups is 1. The van der Waals surface area contributed by atoms with Gasteiger partial charge in [-0.2, -0.15) is 13.2 Å². The molecule has 1 atom stereocenters. The molecule has 1 amide bonds. The van der Waals surface area contributed by atoms with Gasteiger partial charge in [0.05, 0.1) is 28.8 Å². The number of hydrogen-bond donors (Lipinski definition) is 0. The molecule has 0 saturated heterocycles. The van der Waals surface area contributed by atoms with E-state index in [0.717, 1.165) is 22.8 Å². The zero-order chi connectivity index (χ0) is 34.9. The first-order chi connectivity index (χ1) is 21.7. The van der Waals surface area contributed by atoms with Gasteiger partial charge in [0, 0.05) is 6.54 Å². The van der Waals surface area contributed by atoms with Gasteiger partial charge in [-0.15, -0.1) is 0 Å². The number of benzene rings is 2. The first kappa shape index (κ1) is 36.1. The number of halogens is 3. The summed E-state index contributed by atoms with van der Waals surface area (Å²) in [6.07, 6.45) is -2.81. The molecule has 8 nitrogen and oxygen atoms in total. The van der Waals surface area contributed by atoms with Crippen molar-refractivity contribution in [1.82, 2.24) is 4.90 Å². The largest absolute Gasteiger partial charge is 0.490 e. The van der Waals surface area contributed by atoms with Crippen LogP contribution in [0, 0.1) is 5.41 Å². The molecule has 0 aliphatic heterocycles. The van der Waals surface area contributed by atoms with Gasteiger partial charge in [-0.05, 0) is 128 Å². The second kappa shape index (κ2) is 13.4. The molecule has 258 valence electrons. The summed E-state index contributed by atoms with van der Waals surface area (Å²) in [6.45, 7) is 16.1. The van der Waals surface area contributed by atoms with Crippen LogP contribution >= 0.6 is 0 Å². The summed E-state index contributed by atoms with van der Waals surface area (Å²) >= 11 is 0. The standard InChI is InChI=1S/C36H47F3N2O6/c1-22(2)45-30-15-10-24(18-28(30)36(37,38)39)20-44-40-23(3)25-11-13-27-26(19-25)12-14-29(27)41(32(43)47-34(7,8)9)21-35(16-17-35)31(42)46-33(4,5)6/h10-11,13,15,18-19,22,29H,12,14,16-17,20-21H2,1-9H3/b40-23+. The SMILES string of the molecule is C/C(=N\OCc1ccc(OC(C)C)c(C(F)(F)F)c1)c1ccc2c(c1)CCC2N(CC1(C(=O)OC(C)(C)C)CC1)C(=O)OC(C)(C)C. The third kappa shape index (κ3) is 9.41. The molecule has 0 N–H and O–H groups in total. The lowest BCUT2D eigenvalue weighted by Crippen LogP contribution is -2.44. The predicted molar refractivity (Wildman–Crippen MR) is 172 cm³/mol. The molecule has 0 radical (unpaired) electrons. The van der Waals surface area contributed by atoms with E-state index in [1.54, 1.807) is 25.7 Å². The van der Waals surface area contributed by atoms with Crippen LogP contribution in [0.2, 0.25) is 0 Å². The zero-order valence-electron chi connectivity index (χ0n) is 28.8. The number of hydrogen-bond acceptors (Lipinski definition) is 7. The maximum atomic E-state index is 13.6. The molecule has 0 bridgehead atoms. The molecule has 1 saturated carbocycles. The van der Waals surface area contributed by atoms with Crippen LogP contribution in [-0.2, 0) is 38.3 Å². The molecule has 0 aromatic heterocycles. The number of ether oxygens (including phenoxy) is 3. The Labute approximate surface area is 275 Å². The van der Waals surface area contributed by atoms with Crippen molar-refractivity contribution in [2.24, 2.45) is 10.6 Å². The molecule has 47 heavy (non-hydrogen) atoms. The number of carbonyl (C=O) groups excluding carboxylic acids is 2. The highest BCUT2D eigenvalue weighted by molar-refractivity contribution is 5.98. The minimum Gasteiger partial charge on any atom is -0.490 e. The Hall–Kier alpha value is -3.76. The highest BCUT2D eigenvalue weighted by Gasteiger charge is 2.55. The summed E-state index contributed by atoms with van der Waals surface area (Å²) in [4.78, 5) is 33.9. The Morgan fingerprint density at radius 3 is 2.21 bits per heavy atom. The molecular weight excluding hydrogens is 613 g/mol. The molecule has 2 aromatic rings. The van der Waals surface area contributed by atoms with E-state index in [0.29, 0.717) is 37.0 Å². The Balaban J connectivity index is 1.51. The van der Waals surface area contributed by atoms with E-state index < -0.39 is 40.6 Å². The minimum absolute atomic E-state index is 0.153. The van der Waals surface area contributed by atoms with Gasteiger partial charge in [-0.25, -0.2) is 4.79 Å². The summed E-state index contributed by atoms with van der Waals surface area (Å²) in [5.74, 6) is -0.525. The maximum Gasteiger partial charge on any atom is 0.419 e. The summed E-state index contributed by atoms with van der Waals surface area (Å²) < 4.78 is 57.8. The lowest BCUT2D eigenvalue weighted by molar-refractivity contribution is -0.162. The quantitative estimate of drug-likeness (QED) is 0.144. The number of aryl methyl sites for hydroxylation is 1. The number of fused-ring (bicyclic) bond motifs is 1. The molecule has 0 heterocycles. The first-order valence-electron chi connectivity index (χ1n) is 16.1. The molecule has 11 heteroatoms. The van der Waals surface area contributed by atoms with Crippen molar-refractivity contribution in [1.29, 1.82) is 0 Å². The smallest absolute Gasteiger partial charge is 0.419 e. The van der Waals surface area contributed by atoms with Gasteiger partial charge < -0.3 is 19.0 Å². The van der Waals surface area contributed by atoms with E-state index in [4.69, 9.17) is 19.0 Å². The fourth-order valence-corrected chi connectivity index (χ4v) is 5.56. The monoisotopic (exact) mass is 660 g/mol. The van der Waals surface area contributed by atoms with Gasteiger partial charge in [0.1, 0.15) is 23.6 Å². The fraction of sp³-hybridized carbons (Fsp3) is 0.583. The second-order valence-electron chi connectivity index (χ2n) is 14.8. The maximum absolute atomic E-state index is 13.6. The van der Waals surface area contributed by atoms with Crippen molar-refractivity contribution in [2.75, 3.05) is 6.54 Å². The van der Waals surface area contributed by atoms with Crippen LogP contribution in [0.5, 0.6) is 5.75 Å². The van der Waals surface area contributed by atoms with Crippen LogP contribution in [0.3, 0.4) is 0 Å². The van der Waals surface area contributed by atoms with Crippen LogP contribution < -0.4 is 4.74 Å². The summed E-state index contributed by atoms with van der Waals surface area (Å²) in [5.41, 5.74) is 0.692. The zero-order valence-corrected chi connectivity index (χ0v) is 28.8. The van der Waals surface area contributed by atoms with Crippen molar-refractivity contribution in [2.45, 2.75) is 124 Å². The van der Waals surface area contributed by atoms with Crippen LogP contribution in [0.1, 0.15) is 115 Å². The van der Waals surface area contributed by atoms with Crippen LogP contribution in [0.4, 0.5) is 18.0 Å². The molecule has 4 rings (SSSR count).